The summed E-state index contributed by atoms with van der Waals surface area (Å²) in [7, 11) is -2.82. The molecule has 74 valence electrons. The molecule has 0 spiro atoms. The van der Waals surface area contributed by atoms with Crippen LogP contribution in [0, 0.1) is 0 Å². The maximum Gasteiger partial charge on any atom is 0.158 e. The van der Waals surface area contributed by atoms with E-state index in [1.165, 1.54) is 17.5 Å². The first kappa shape index (κ1) is 8.48. The minimum Gasteiger partial charge on any atom is -0.228 e. The number of hydrogen-bond donors (Lipinski definition) is 0. The molecule has 1 heterocycles. The lowest BCUT2D eigenvalue weighted by atomic mass is 10.0. The Morgan fingerprint density at radius 3 is 1.86 bits per heavy atom. The summed E-state index contributed by atoms with van der Waals surface area (Å²) < 4.78 is 22.8. The van der Waals surface area contributed by atoms with Crippen molar-refractivity contribution < 1.29 is 8.42 Å². The van der Waals surface area contributed by atoms with E-state index < -0.39 is 9.84 Å². The predicted molar refractivity (Wildman–Crippen MR) is 54.8 cm³/mol. The summed E-state index contributed by atoms with van der Waals surface area (Å²) >= 11 is 0. The molecule has 0 unspecified atom stereocenters. The van der Waals surface area contributed by atoms with Crippen molar-refractivity contribution in [2.75, 3.05) is 0 Å². The van der Waals surface area contributed by atoms with E-state index in [2.05, 4.69) is 12.1 Å². The molecule has 0 radical (unpaired) electrons. The first-order valence-corrected chi connectivity index (χ1v) is 6.80. The topological polar surface area (TPSA) is 34.1 Å². The molecule has 1 aliphatic heterocycles. The summed E-state index contributed by atoms with van der Waals surface area (Å²) in [5.74, 6) is 0.519. The summed E-state index contributed by atoms with van der Waals surface area (Å²) in [5, 5.41) is 0. The van der Waals surface area contributed by atoms with Crippen LogP contribution in [0.2, 0.25) is 0 Å². The lowest BCUT2D eigenvalue weighted by Crippen LogP contribution is -1.95. The fourth-order valence-corrected chi connectivity index (χ4v) is 4.11. The fourth-order valence-electron chi connectivity index (χ4n) is 2.52. The lowest BCUT2D eigenvalue weighted by Gasteiger charge is -2.02. The van der Waals surface area contributed by atoms with Crippen molar-refractivity contribution in [3.63, 3.8) is 0 Å². The molecule has 1 aromatic rings. The van der Waals surface area contributed by atoms with Gasteiger partial charge in [0, 0.05) is 0 Å². The van der Waals surface area contributed by atoms with Crippen molar-refractivity contribution in [3.8, 4) is 0 Å². The van der Waals surface area contributed by atoms with E-state index in [-0.39, 0.29) is 11.5 Å². The van der Waals surface area contributed by atoms with E-state index in [9.17, 15) is 8.42 Å². The van der Waals surface area contributed by atoms with Gasteiger partial charge in [-0.3, -0.25) is 0 Å². The second-order valence-electron chi connectivity index (χ2n) is 4.28. The third-order valence-electron chi connectivity index (χ3n) is 3.16. The van der Waals surface area contributed by atoms with Gasteiger partial charge in [0.15, 0.2) is 9.84 Å². The number of fused-ring (bicyclic) bond motifs is 2. The number of hydrogen-bond acceptors (Lipinski definition) is 2. The SMILES string of the molecule is O=S1(=O)Cc2cc3c(cc2C1)CCC3. The average Bonchev–Trinajstić information content (AvgIpc) is 2.59. The molecule has 0 saturated carbocycles. The van der Waals surface area contributed by atoms with Crippen LogP contribution in [0.4, 0.5) is 0 Å². The van der Waals surface area contributed by atoms with Crippen molar-refractivity contribution >= 4 is 9.84 Å². The van der Waals surface area contributed by atoms with E-state index >= 15 is 0 Å². The molecular weight excluding hydrogens is 196 g/mol. The molecule has 0 bridgehead atoms. The number of rotatable bonds is 0. The summed E-state index contributed by atoms with van der Waals surface area (Å²) in [6.45, 7) is 0. The molecule has 2 nitrogen and oxygen atoms in total. The smallest absolute Gasteiger partial charge is 0.158 e. The second-order valence-corrected chi connectivity index (χ2v) is 6.34. The van der Waals surface area contributed by atoms with Gasteiger partial charge in [0.05, 0.1) is 11.5 Å². The van der Waals surface area contributed by atoms with Gasteiger partial charge >= 0.3 is 0 Å². The van der Waals surface area contributed by atoms with Crippen LogP contribution >= 0.6 is 0 Å². The Bertz CT molecular complexity index is 461. The zero-order valence-electron chi connectivity index (χ0n) is 7.91. The normalized spacial score (nSPS) is 22.0. The van der Waals surface area contributed by atoms with Crippen LogP contribution < -0.4 is 0 Å². The standard InChI is InChI=1S/C11H12O2S/c12-14(13)6-10-4-8-2-1-3-9(8)5-11(10)7-14/h4-5H,1-3,6-7H2. The van der Waals surface area contributed by atoms with Crippen LogP contribution in [-0.4, -0.2) is 8.42 Å². The average molecular weight is 208 g/mol. The highest BCUT2D eigenvalue weighted by Crippen LogP contribution is 2.31. The van der Waals surface area contributed by atoms with E-state index in [0.717, 1.165) is 24.0 Å². The molecule has 0 amide bonds. The quantitative estimate of drug-likeness (QED) is 0.649. The summed E-state index contributed by atoms with van der Waals surface area (Å²) in [5.41, 5.74) is 4.85. The van der Waals surface area contributed by atoms with Gasteiger partial charge in [0.25, 0.3) is 0 Å². The molecule has 0 atom stereocenters. The Labute approximate surface area is 83.9 Å². The van der Waals surface area contributed by atoms with Crippen LogP contribution in [0.15, 0.2) is 12.1 Å². The lowest BCUT2D eigenvalue weighted by molar-refractivity contribution is 0.598. The number of benzene rings is 1. The molecule has 14 heavy (non-hydrogen) atoms. The maximum absolute atomic E-state index is 11.4. The Hall–Kier alpha value is -0.830. The van der Waals surface area contributed by atoms with Gasteiger partial charge in [-0.05, 0) is 41.5 Å². The third-order valence-corrected chi connectivity index (χ3v) is 4.67. The van der Waals surface area contributed by atoms with Crippen molar-refractivity contribution in [1.29, 1.82) is 0 Å². The van der Waals surface area contributed by atoms with Gasteiger partial charge in [-0.15, -0.1) is 0 Å². The third kappa shape index (κ3) is 1.19. The van der Waals surface area contributed by atoms with E-state index in [1.807, 2.05) is 0 Å². The van der Waals surface area contributed by atoms with Crippen molar-refractivity contribution in [2.45, 2.75) is 30.8 Å². The Kier molecular flexibility index (Phi) is 1.57. The highest BCUT2D eigenvalue weighted by Gasteiger charge is 2.26. The molecule has 0 aromatic heterocycles. The Morgan fingerprint density at radius 1 is 0.857 bits per heavy atom. The molecular formula is C11H12O2S. The summed E-state index contributed by atoms with van der Waals surface area (Å²) in [4.78, 5) is 0. The maximum atomic E-state index is 11.4. The molecule has 0 fully saturated rings. The van der Waals surface area contributed by atoms with Crippen LogP contribution in [0.3, 0.4) is 0 Å². The molecule has 0 saturated heterocycles. The monoisotopic (exact) mass is 208 g/mol. The predicted octanol–water partition coefficient (Wildman–Crippen LogP) is 1.60. The minimum atomic E-state index is -2.82. The van der Waals surface area contributed by atoms with Gasteiger partial charge in [-0.1, -0.05) is 12.1 Å². The zero-order valence-corrected chi connectivity index (χ0v) is 8.73. The van der Waals surface area contributed by atoms with E-state index in [0.29, 0.717) is 0 Å². The molecule has 1 aromatic carbocycles. The number of aryl methyl sites for hydroxylation is 2. The fraction of sp³-hybridized carbons (Fsp3) is 0.455. The highest BCUT2D eigenvalue weighted by atomic mass is 32.2. The molecule has 2 aliphatic rings. The van der Waals surface area contributed by atoms with E-state index in [4.69, 9.17) is 0 Å². The van der Waals surface area contributed by atoms with Gasteiger partial charge < -0.3 is 0 Å². The van der Waals surface area contributed by atoms with Crippen LogP contribution in [0.1, 0.15) is 28.7 Å². The van der Waals surface area contributed by atoms with Crippen LogP contribution in [0.5, 0.6) is 0 Å². The molecule has 3 heteroatoms. The Balaban J connectivity index is 2.17. The number of sulfone groups is 1. The van der Waals surface area contributed by atoms with Crippen molar-refractivity contribution in [1.82, 2.24) is 0 Å². The minimum absolute atomic E-state index is 0.260. The zero-order chi connectivity index (χ0) is 9.76. The van der Waals surface area contributed by atoms with Crippen molar-refractivity contribution in [3.05, 3.63) is 34.4 Å². The van der Waals surface area contributed by atoms with Crippen LogP contribution in [0.25, 0.3) is 0 Å². The highest BCUT2D eigenvalue weighted by molar-refractivity contribution is 7.90. The van der Waals surface area contributed by atoms with Gasteiger partial charge in [0.2, 0.25) is 0 Å². The van der Waals surface area contributed by atoms with Gasteiger partial charge in [0.1, 0.15) is 0 Å². The second kappa shape index (κ2) is 2.60. The van der Waals surface area contributed by atoms with Gasteiger partial charge in [-0.25, -0.2) is 8.42 Å². The van der Waals surface area contributed by atoms with Gasteiger partial charge in [-0.2, -0.15) is 0 Å². The van der Waals surface area contributed by atoms with Crippen LogP contribution in [-0.2, 0) is 34.2 Å². The molecule has 3 rings (SSSR count). The Morgan fingerprint density at radius 2 is 1.36 bits per heavy atom. The summed E-state index contributed by atoms with van der Waals surface area (Å²) in [6.07, 6.45) is 3.48. The first-order chi connectivity index (χ1) is 6.64. The molecule has 1 aliphatic carbocycles. The summed E-state index contributed by atoms with van der Waals surface area (Å²) in [6, 6.07) is 4.23. The first-order valence-electron chi connectivity index (χ1n) is 4.98. The van der Waals surface area contributed by atoms with E-state index in [1.54, 1.807) is 0 Å². The molecule has 0 N–H and O–H groups in total. The van der Waals surface area contributed by atoms with Crippen molar-refractivity contribution in [2.24, 2.45) is 0 Å². The largest absolute Gasteiger partial charge is 0.228 e.